The normalized spacial score (nSPS) is 10.0. The Labute approximate surface area is 129 Å². The van der Waals surface area contributed by atoms with E-state index in [0.717, 1.165) is 29.9 Å². The third kappa shape index (κ3) is 10.1. The topological polar surface area (TPSA) is 34.1 Å². The van der Waals surface area contributed by atoms with Crippen LogP contribution in [0.5, 0.6) is 0 Å². The van der Waals surface area contributed by atoms with Gasteiger partial charge in [0.2, 0.25) is 10.2 Å². The fourth-order valence-corrected chi connectivity index (χ4v) is 2.94. The minimum Gasteiger partial charge on any atom is -0.282 e. The molecule has 106 valence electrons. The van der Waals surface area contributed by atoms with Gasteiger partial charge in [-0.3, -0.25) is 9.59 Å². The molecular formula is C14H20O2S3. The van der Waals surface area contributed by atoms with Crippen LogP contribution in [0.25, 0.3) is 0 Å². The van der Waals surface area contributed by atoms with Gasteiger partial charge in [0, 0.05) is 11.5 Å². The summed E-state index contributed by atoms with van der Waals surface area (Å²) in [4.78, 5) is 23.5. The van der Waals surface area contributed by atoms with Crippen LogP contribution < -0.4 is 0 Å². The Hall–Kier alpha value is -0.390. The molecule has 2 nitrogen and oxygen atoms in total. The van der Waals surface area contributed by atoms with Gasteiger partial charge in [-0.15, -0.1) is 0 Å². The number of rotatable bonds is 9. The van der Waals surface area contributed by atoms with Crippen molar-refractivity contribution in [3.8, 4) is 0 Å². The number of thiocarbonyl (C=S) groups is 1. The molecule has 0 radical (unpaired) electrons. The second kappa shape index (κ2) is 10.4. The van der Waals surface area contributed by atoms with Gasteiger partial charge in [-0.05, 0) is 49.1 Å². The van der Waals surface area contributed by atoms with Crippen molar-refractivity contribution in [2.24, 2.45) is 0 Å². The highest BCUT2D eigenvalue weighted by molar-refractivity contribution is 8.14. The van der Waals surface area contributed by atoms with E-state index in [-0.39, 0.29) is 10.2 Å². The van der Waals surface area contributed by atoms with Crippen LogP contribution in [0, 0.1) is 0 Å². The fourth-order valence-electron chi connectivity index (χ4n) is 1.06. The molecule has 0 bridgehead atoms. The molecular weight excluding hydrogens is 296 g/mol. The Morgan fingerprint density at radius 1 is 0.947 bits per heavy atom. The first kappa shape index (κ1) is 18.6. The van der Waals surface area contributed by atoms with Crippen LogP contribution in [-0.4, -0.2) is 26.6 Å². The van der Waals surface area contributed by atoms with Crippen molar-refractivity contribution in [2.75, 3.05) is 11.5 Å². The van der Waals surface area contributed by atoms with Gasteiger partial charge in [0.15, 0.2) is 0 Å². The van der Waals surface area contributed by atoms with E-state index in [1.807, 2.05) is 0 Å². The summed E-state index contributed by atoms with van der Waals surface area (Å²) >= 11 is 7.80. The molecule has 0 aliphatic rings. The summed E-state index contributed by atoms with van der Waals surface area (Å²) in [5.74, 6) is 1.48. The Balaban J connectivity index is 3.60. The summed E-state index contributed by atoms with van der Waals surface area (Å²) in [5.41, 5.74) is 1.16. The summed E-state index contributed by atoms with van der Waals surface area (Å²) < 4.78 is 0. The van der Waals surface area contributed by atoms with E-state index in [1.165, 1.54) is 23.5 Å². The van der Waals surface area contributed by atoms with Crippen LogP contribution in [-0.2, 0) is 9.59 Å². The molecule has 0 amide bonds. The summed E-state index contributed by atoms with van der Waals surface area (Å²) in [6.07, 6.45) is 2.48. The van der Waals surface area contributed by atoms with Gasteiger partial charge < -0.3 is 0 Å². The van der Waals surface area contributed by atoms with Crippen molar-refractivity contribution in [3.63, 3.8) is 0 Å². The largest absolute Gasteiger partial charge is 0.282 e. The molecule has 0 aromatic carbocycles. The summed E-state index contributed by atoms with van der Waals surface area (Å²) in [5, 5.41) is 0.0824. The third-order valence-corrected chi connectivity index (χ3v) is 4.67. The maximum absolute atomic E-state index is 11.3. The number of hydrogen-bond donors (Lipinski definition) is 0. The van der Waals surface area contributed by atoms with E-state index in [1.54, 1.807) is 13.8 Å². The van der Waals surface area contributed by atoms with Crippen LogP contribution >= 0.6 is 35.7 Å². The molecule has 0 rings (SSSR count). The van der Waals surface area contributed by atoms with E-state index in [2.05, 4.69) is 13.2 Å². The first-order valence-electron chi connectivity index (χ1n) is 6.01. The highest BCUT2D eigenvalue weighted by Crippen LogP contribution is 2.14. The average Bonchev–Trinajstić information content (AvgIpc) is 2.33. The van der Waals surface area contributed by atoms with E-state index in [0.29, 0.717) is 16.9 Å². The molecule has 0 spiro atoms. The van der Waals surface area contributed by atoms with Crippen LogP contribution in [0.15, 0.2) is 24.3 Å². The number of carbonyl (C=O) groups excluding carboxylic acids is 2. The van der Waals surface area contributed by atoms with Crippen LogP contribution in [0.2, 0.25) is 0 Å². The Kier molecular flexibility index (Phi) is 10.2. The van der Waals surface area contributed by atoms with Crippen molar-refractivity contribution < 1.29 is 9.59 Å². The maximum atomic E-state index is 11.3. The standard InChI is InChI=1S/C14H20O2S3/c1-10(2)13(15)18-8-5-6-12(17)7-9-19-14(16)11(3)4/h1,3,5-9H2,2,4H3. The third-order valence-electron chi connectivity index (χ3n) is 2.14. The second-order valence-corrected chi connectivity index (χ2v) is 6.94. The maximum Gasteiger partial charge on any atom is 0.214 e. The minimum absolute atomic E-state index is 0.0328. The first-order chi connectivity index (χ1) is 8.84. The molecule has 0 aliphatic carbocycles. The predicted molar refractivity (Wildman–Crippen MR) is 91.0 cm³/mol. The summed E-state index contributed by atoms with van der Waals surface area (Å²) in [6.45, 7) is 10.6. The SMILES string of the molecule is C=C(C)C(=O)SCCCC(=S)CCSC(=O)C(=C)C. The summed E-state index contributed by atoms with van der Waals surface area (Å²) in [6, 6.07) is 0. The summed E-state index contributed by atoms with van der Waals surface area (Å²) in [7, 11) is 0. The molecule has 0 fully saturated rings. The van der Waals surface area contributed by atoms with E-state index < -0.39 is 0 Å². The first-order valence-corrected chi connectivity index (χ1v) is 8.39. The molecule has 0 aromatic heterocycles. The van der Waals surface area contributed by atoms with Crippen molar-refractivity contribution >= 4 is 50.8 Å². The molecule has 0 atom stereocenters. The Morgan fingerprint density at radius 3 is 1.89 bits per heavy atom. The molecule has 0 unspecified atom stereocenters. The molecule has 19 heavy (non-hydrogen) atoms. The van der Waals surface area contributed by atoms with E-state index >= 15 is 0 Å². The van der Waals surface area contributed by atoms with Gasteiger partial charge in [-0.25, -0.2) is 0 Å². The monoisotopic (exact) mass is 316 g/mol. The number of carbonyl (C=O) groups is 2. The van der Waals surface area contributed by atoms with E-state index in [4.69, 9.17) is 12.2 Å². The zero-order valence-electron chi connectivity index (χ0n) is 11.5. The zero-order valence-corrected chi connectivity index (χ0v) is 13.9. The number of thioether (sulfide) groups is 2. The van der Waals surface area contributed by atoms with Crippen molar-refractivity contribution in [2.45, 2.75) is 33.1 Å². The molecule has 0 heterocycles. The van der Waals surface area contributed by atoms with Crippen LogP contribution in [0.1, 0.15) is 33.1 Å². The van der Waals surface area contributed by atoms with Gasteiger partial charge in [0.25, 0.3) is 0 Å². The molecule has 0 N–H and O–H groups in total. The average molecular weight is 317 g/mol. The van der Waals surface area contributed by atoms with Gasteiger partial charge in [0.1, 0.15) is 0 Å². The number of hydrogen-bond acceptors (Lipinski definition) is 5. The van der Waals surface area contributed by atoms with E-state index in [9.17, 15) is 9.59 Å². The van der Waals surface area contributed by atoms with Gasteiger partial charge in [0.05, 0.1) is 0 Å². The van der Waals surface area contributed by atoms with Gasteiger partial charge in [-0.1, -0.05) is 48.9 Å². The molecule has 5 heteroatoms. The Morgan fingerprint density at radius 2 is 1.42 bits per heavy atom. The highest BCUT2D eigenvalue weighted by Gasteiger charge is 2.06. The van der Waals surface area contributed by atoms with Crippen molar-refractivity contribution in [1.82, 2.24) is 0 Å². The molecule has 0 saturated heterocycles. The van der Waals surface area contributed by atoms with Gasteiger partial charge in [-0.2, -0.15) is 0 Å². The molecule has 0 aromatic rings. The smallest absolute Gasteiger partial charge is 0.214 e. The lowest BCUT2D eigenvalue weighted by Gasteiger charge is -2.03. The fraction of sp³-hybridized carbons (Fsp3) is 0.500. The predicted octanol–water partition coefficient (Wildman–Crippen LogP) is 4.20. The highest BCUT2D eigenvalue weighted by atomic mass is 32.2. The van der Waals surface area contributed by atoms with Crippen LogP contribution in [0.4, 0.5) is 0 Å². The minimum atomic E-state index is 0.0328. The van der Waals surface area contributed by atoms with Crippen molar-refractivity contribution in [3.05, 3.63) is 24.3 Å². The molecule has 0 saturated carbocycles. The lowest BCUT2D eigenvalue weighted by Crippen LogP contribution is -2.01. The zero-order chi connectivity index (χ0) is 14.8. The van der Waals surface area contributed by atoms with Gasteiger partial charge >= 0.3 is 0 Å². The lowest BCUT2D eigenvalue weighted by molar-refractivity contribution is -0.108. The molecule has 0 aliphatic heterocycles. The Bertz CT molecular complexity index is 386. The lowest BCUT2D eigenvalue weighted by atomic mass is 10.2. The quantitative estimate of drug-likeness (QED) is 0.362. The second-order valence-electron chi connectivity index (χ2n) is 4.22. The van der Waals surface area contributed by atoms with Crippen molar-refractivity contribution in [1.29, 1.82) is 0 Å². The van der Waals surface area contributed by atoms with Crippen LogP contribution in [0.3, 0.4) is 0 Å².